The zero-order valence-corrected chi connectivity index (χ0v) is 9.38. The van der Waals surface area contributed by atoms with Crippen molar-refractivity contribution >= 4 is 5.97 Å². The van der Waals surface area contributed by atoms with E-state index in [2.05, 4.69) is 19.1 Å². The highest BCUT2D eigenvalue weighted by molar-refractivity contribution is 5.66. The maximum atomic E-state index is 10.9. The Bertz CT molecular complexity index is 222. The predicted octanol–water partition coefficient (Wildman–Crippen LogP) is 3.07. The van der Waals surface area contributed by atoms with Gasteiger partial charge in [-0.05, 0) is 45.4 Å². The molecule has 0 aromatic rings. The van der Waals surface area contributed by atoms with Gasteiger partial charge in [-0.1, -0.05) is 12.2 Å². The summed E-state index contributed by atoms with van der Waals surface area (Å²) in [5.41, 5.74) is -0.204. The third kappa shape index (κ3) is 3.17. The Balaban J connectivity index is 2.44. The van der Waals surface area contributed by atoms with E-state index in [0.717, 1.165) is 25.7 Å². The van der Waals surface area contributed by atoms with Crippen LogP contribution in [0.4, 0.5) is 0 Å². The molecule has 0 amide bonds. The molecule has 80 valence electrons. The monoisotopic (exact) mass is 196 g/mol. The summed E-state index contributed by atoms with van der Waals surface area (Å²) in [7, 11) is 0. The molecule has 0 bridgehead atoms. The minimum Gasteiger partial charge on any atom is -0.460 e. The van der Waals surface area contributed by atoms with Crippen LogP contribution in [0, 0.1) is 5.92 Å². The molecule has 0 unspecified atom stereocenters. The molecule has 1 saturated carbocycles. The molecule has 0 aliphatic heterocycles. The van der Waals surface area contributed by atoms with Gasteiger partial charge in [0.15, 0.2) is 0 Å². The van der Waals surface area contributed by atoms with Gasteiger partial charge in [-0.15, -0.1) is 0 Å². The molecule has 0 saturated heterocycles. The molecule has 1 fully saturated rings. The van der Waals surface area contributed by atoms with Crippen molar-refractivity contribution in [3.8, 4) is 0 Å². The highest BCUT2D eigenvalue weighted by Crippen LogP contribution is 2.35. The van der Waals surface area contributed by atoms with Gasteiger partial charge in [0.2, 0.25) is 0 Å². The Morgan fingerprint density at radius 2 is 2.00 bits per heavy atom. The molecule has 1 rings (SSSR count). The second kappa shape index (κ2) is 4.63. The third-order valence-corrected chi connectivity index (χ3v) is 2.94. The summed E-state index contributed by atoms with van der Waals surface area (Å²) in [5.74, 6) is 0.528. The van der Waals surface area contributed by atoms with Crippen LogP contribution in [0.25, 0.3) is 0 Å². The molecule has 0 N–H and O–H groups in total. The van der Waals surface area contributed by atoms with Gasteiger partial charge in [-0.2, -0.15) is 0 Å². The molecule has 0 radical (unpaired) electrons. The van der Waals surface area contributed by atoms with Crippen LogP contribution in [0.2, 0.25) is 0 Å². The second-order valence-electron chi connectivity index (χ2n) is 4.41. The fourth-order valence-corrected chi connectivity index (χ4v) is 2.16. The van der Waals surface area contributed by atoms with Crippen molar-refractivity contribution in [2.45, 2.75) is 52.1 Å². The summed E-state index contributed by atoms with van der Waals surface area (Å²) in [6.45, 7) is 5.59. The number of carbonyl (C=O) groups is 1. The Hall–Kier alpha value is -0.790. The average Bonchev–Trinajstić information content (AvgIpc) is 2.08. The Morgan fingerprint density at radius 3 is 2.43 bits per heavy atom. The molecule has 1 aliphatic carbocycles. The Labute approximate surface area is 86.3 Å². The molecular formula is C12H20O2. The van der Waals surface area contributed by atoms with E-state index in [4.69, 9.17) is 4.74 Å². The van der Waals surface area contributed by atoms with Crippen LogP contribution in [-0.2, 0) is 9.53 Å². The smallest absolute Gasteiger partial charge is 0.303 e. The lowest BCUT2D eigenvalue weighted by atomic mass is 9.79. The Kier molecular flexibility index (Phi) is 3.73. The van der Waals surface area contributed by atoms with Crippen molar-refractivity contribution in [3.05, 3.63) is 12.2 Å². The summed E-state index contributed by atoms with van der Waals surface area (Å²) < 4.78 is 5.34. The third-order valence-electron chi connectivity index (χ3n) is 2.94. The molecule has 0 heterocycles. The molecule has 0 aromatic heterocycles. The standard InChI is InChI=1S/C12H20O2/c1-4-5-11-6-8-12(3,9-7-11)14-10(2)13/h4-5,11H,6-9H2,1-3H3. The van der Waals surface area contributed by atoms with Gasteiger partial charge in [0.1, 0.15) is 5.60 Å². The van der Waals surface area contributed by atoms with Crippen LogP contribution in [0.5, 0.6) is 0 Å². The van der Waals surface area contributed by atoms with Crippen molar-refractivity contribution in [2.75, 3.05) is 0 Å². The van der Waals surface area contributed by atoms with Gasteiger partial charge < -0.3 is 4.74 Å². The first-order valence-corrected chi connectivity index (χ1v) is 5.38. The molecule has 2 heteroatoms. The van der Waals surface area contributed by atoms with Crippen molar-refractivity contribution in [3.63, 3.8) is 0 Å². The van der Waals surface area contributed by atoms with Gasteiger partial charge in [-0.25, -0.2) is 0 Å². The number of hydrogen-bond acceptors (Lipinski definition) is 2. The summed E-state index contributed by atoms with van der Waals surface area (Å²) in [6, 6.07) is 0. The van der Waals surface area contributed by atoms with Crippen molar-refractivity contribution in [2.24, 2.45) is 5.92 Å². The molecule has 2 nitrogen and oxygen atoms in total. The number of ether oxygens (including phenoxy) is 1. The number of rotatable bonds is 2. The van der Waals surface area contributed by atoms with Crippen LogP contribution in [0.1, 0.15) is 46.5 Å². The van der Waals surface area contributed by atoms with Gasteiger partial charge >= 0.3 is 5.97 Å². The molecular weight excluding hydrogens is 176 g/mol. The first-order chi connectivity index (χ1) is 6.56. The minimum absolute atomic E-state index is 0.156. The van der Waals surface area contributed by atoms with Crippen molar-refractivity contribution in [1.82, 2.24) is 0 Å². The summed E-state index contributed by atoms with van der Waals surface area (Å²) in [5, 5.41) is 0. The molecule has 0 spiro atoms. The zero-order chi connectivity index (χ0) is 10.6. The molecule has 14 heavy (non-hydrogen) atoms. The lowest BCUT2D eigenvalue weighted by Crippen LogP contribution is -2.35. The zero-order valence-electron chi connectivity index (χ0n) is 9.38. The maximum absolute atomic E-state index is 10.9. The van der Waals surface area contributed by atoms with Gasteiger partial charge in [0.25, 0.3) is 0 Å². The van der Waals surface area contributed by atoms with Crippen LogP contribution in [0.3, 0.4) is 0 Å². The SMILES string of the molecule is CC=CC1CCC(C)(OC(C)=O)CC1. The lowest BCUT2D eigenvalue weighted by Gasteiger charge is -2.35. The average molecular weight is 196 g/mol. The van der Waals surface area contributed by atoms with Crippen LogP contribution in [-0.4, -0.2) is 11.6 Å². The van der Waals surface area contributed by atoms with Crippen LogP contribution in [0.15, 0.2) is 12.2 Å². The Morgan fingerprint density at radius 1 is 1.43 bits per heavy atom. The quantitative estimate of drug-likeness (QED) is 0.501. The minimum atomic E-state index is -0.204. The van der Waals surface area contributed by atoms with E-state index in [1.165, 1.54) is 6.92 Å². The molecule has 1 aliphatic rings. The maximum Gasteiger partial charge on any atom is 0.303 e. The number of hydrogen-bond donors (Lipinski definition) is 0. The van der Waals surface area contributed by atoms with Crippen LogP contribution < -0.4 is 0 Å². The fraction of sp³-hybridized carbons (Fsp3) is 0.750. The number of esters is 1. The van der Waals surface area contributed by atoms with E-state index in [-0.39, 0.29) is 11.6 Å². The second-order valence-corrected chi connectivity index (χ2v) is 4.41. The molecule has 0 atom stereocenters. The summed E-state index contributed by atoms with van der Waals surface area (Å²) in [4.78, 5) is 10.9. The highest BCUT2D eigenvalue weighted by Gasteiger charge is 2.32. The fourth-order valence-electron chi connectivity index (χ4n) is 2.16. The summed E-state index contributed by atoms with van der Waals surface area (Å²) >= 11 is 0. The first-order valence-electron chi connectivity index (χ1n) is 5.38. The lowest BCUT2D eigenvalue weighted by molar-refractivity contribution is -0.158. The first kappa shape index (κ1) is 11.3. The van der Waals surface area contributed by atoms with E-state index >= 15 is 0 Å². The van der Waals surface area contributed by atoms with Crippen LogP contribution >= 0.6 is 0 Å². The van der Waals surface area contributed by atoms with Gasteiger partial charge in [0, 0.05) is 6.92 Å². The largest absolute Gasteiger partial charge is 0.460 e. The van der Waals surface area contributed by atoms with Gasteiger partial charge in [-0.3, -0.25) is 4.79 Å². The van der Waals surface area contributed by atoms with Crippen molar-refractivity contribution in [1.29, 1.82) is 0 Å². The highest BCUT2D eigenvalue weighted by atomic mass is 16.6. The van der Waals surface area contributed by atoms with E-state index in [0.29, 0.717) is 5.92 Å². The van der Waals surface area contributed by atoms with Crippen molar-refractivity contribution < 1.29 is 9.53 Å². The predicted molar refractivity (Wildman–Crippen MR) is 56.9 cm³/mol. The van der Waals surface area contributed by atoms with Gasteiger partial charge in [0.05, 0.1) is 0 Å². The summed E-state index contributed by atoms with van der Waals surface area (Å²) in [6.07, 6.45) is 8.61. The van der Waals surface area contributed by atoms with E-state index in [1.54, 1.807) is 0 Å². The molecule has 0 aromatic carbocycles. The van der Waals surface area contributed by atoms with E-state index < -0.39 is 0 Å². The van der Waals surface area contributed by atoms with E-state index in [9.17, 15) is 4.79 Å². The number of carbonyl (C=O) groups excluding carboxylic acids is 1. The normalized spacial score (nSPS) is 33.2. The topological polar surface area (TPSA) is 26.3 Å². The van der Waals surface area contributed by atoms with E-state index in [1.807, 2.05) is 6.92 Å². The number of allylic oxidation sites excluding steroid dienone is 2.